The molecule has 1 saturated heterocycles. The fraction of sp³-hybridized carbons (Fsp3) is 0.267. The first kappa shape index (κ1) is 27.2. The summed E-state index contributed by atoms with van der Waals surface area (Å²) in [5, 5.41) is 4.80. The molecule has 0 saturated carbocycles. The predicted octanol–water partition coefficient (Wildman–Crippen LogP) is 5.18. The molecule has 7 heteroatoms. The van der Waals surface area contributed by atoms with E-state index in [0.717, 1.165) is 45.7 Å². The molecule has 0 bridgehead atoms. The molecule has 2 N–H and O–H groups in total. The maximum absolute atomic E-state index is 11.6. The lowest BCUT2D eigenvalue weighted by atomic mass is 10.0. The molecule has 190 valence electrons. The Morgan fingerprint density at radius 3 is 2.38 bits per heavy atom. The Morgan fingerprint density at radius 2 is 1.73 bits per heavy atom. The maximum atomic E-state index is 11.6. The van der Waals surface area contributed by atoms with Gasteiger partial charge in [-0.1, -0.05) is 50.1 Å². The number of fused-ring (bicyclic) bond motifs is 1. The molecule has 7 nitrogen and oxygen atoms in total. The maximum Gasteiger partial charge on any atom is 0.322 e. The summed E-state index contributed by atoms with van der Waals surface area (Å²) in [7, 11) is 0. The molecule has 1 unspecified atom stereocenters. The van der Waals surface area contributed by atoms with Crippen molar-refractivity contribution in [1.29, 1.82) is 0 Å². The van der Waals surface area contributed by atoms with Gasteiger partial charge in [-0.05, 0) is 66.8 Å². The minimum Gasteiger partial charge on any atom is -0.481 e. The molecule has 1 aliphatic carbocycles. The molecule has 3 aromatic rings. The summed E-state index contributed by atoms with van der Waals surface area (Å²) in [5.74, 6) is 6.21. The van der Waals surface area contributed by atoms with Crippen LogP contribution in [0.3, 0.4) is 0 Å². The van der Waals surface area contributed by atoms with Gasteiger partial charge in [0.2, 0.25) is 0 Å². The molecule has 0 spiro atoms. The lowest BCUT2D eigenvalue weighted by molar-refractivity contribution is -0.120. The monoisotopic (exact) mass is 497 g/mol. The van der Waals surface area contributed by atoms with Gasteiger partial charge < -0.3 is 10.1 Å². The van der Waals surface area contributed by atoms with Gasteiger partial charge in [-0.15, -0.1) is 5.92 Å². The molecule has 2 aliphatic rings. The number of nitrogens with one attached hydrogen (secondary N) is 2. The SMILES string of the molecule is CC.CC#CCOc1ccc2c(c1)C(=O)CC2.Cc1cc(-c2ccc(C3NC(=O)NC3=O)cc2)ccn1. The number of pyridine rings is 1. The van der Waals surface area contributed by atoms with Crippen molar-refractivity contribution in [2.45, 2.75) is 46.6 Å². The molecule has 1 aliphatic heterocycles. The van der Waals surface area contributed by atoms with E-state index in [1.807, 2.05) is 75.4 Å². The van der Waals surface area contributed by atoms with E-state index in [1.165, 1.54) is 0 Å². The predicted molar refractivity (Wildman–Crippen MR) is 143 cm³/mol. The van der Waals surface area contributed by atoms with Crippen LogP contribution < -0.4 is 15.4 Å². The largest absolute Gasteiger partial charge is 0.481 e. The Morgan fingerprint density at radius 1 is 0.973 bits per heavy atom. The van der Waals surface area contributed by atoms with Gasteiger partial charge in [-0.25, -0.2) is 4.79 Å². The second kappa shape index (κ2) is 13.0. The van der Waals surface area contributed by atoms with E-state index in [0.29, 0.717) is 13.0 Å². The summed E-state index contributed by atoms with van der Waals surface area (Å²) in [4.78, 5) is 38.3. The van der Waals surface area contributed by atoms with Crippen molar-refractivity contribution in [3.05, 3.63) is 83.2 Å². The number of urea groups is 1. The fourth-order valence-corrected chi connectivity index (χ4v) is 3.94. The van der Waals surface area contributed by atoms with Crippen LogP contribution in [0.2, 0.25) is 0 Å². The molecule has 37 heavy (non-hydrogen) atoms. The van der Waals surface area contributed by atoms with Crippen LogP contribution in [0.5, 0.6) is 5.75 Å². The number of hydrogen-bond donors (Lipinski definition) is 2. The lowest BCUT2D eigenvalue weighted by Crippen LogP contribution is -2.22. The van der Waals surface area contributed by atoms with E-state index >= 15 is 0 Å². The molecule has 2 aromatic carbocycles. The van der Waals surface area contributed by atoms with Gasteiger partial charge in [0, 0.05) is 23.9 Å². The van der Waals surface area contributed by atoms with Crippen molar-refractivity contribution in [3.8, 4) is 28.7 Å². The lowest BCUT2D eigenvalue weighted by Gasteiger charge is -2.09. The Hall–Kier alpha value is -4.44. The average molecular weight is 498 g/mol. The Bertz CT molecular complexity index is 1340. The third-order valence-electron chi connectivity index (χ3n) is 5.74. The Balaban J connectivity index is 0.000000200. The number of hydrogen-bond acceptors (Lipinski definition) is 5. The van der Waals surface area contributed by atoms with Gasteiger partial charge in [-0.2, -0.15) is 0 Å². The zero-order chi connectivity index (χ0) is 26.8. The second-order valence-electron chi connectivity index (χ2n) is 8.16. The molecule has 1 atom stereocenters. The topological polar surface area (TPSA) is 97.4 Å². The summed E-state index contributed by atoms with van der Waals surface area (Å²) in [6, 6.07) is 16.1. The molecule has 1 fully saturated rings. The first-order valence-electron chi connectivity index (χ1n) is 12.3. The number of ketones is 1. The molecule has 5 rings (SSSR count). The molecular weight excluding hydrogens is 466 g/mol. The van der Waals surface area contributed by atoms with E-state index in [9.17, 15) is 14.4 Å². The highest BCUT2D eigenvalue weighted by molar-refractivity contribution is 6.04. The van der Waals surface area contributed by atoms with Crippen molar-refractivity contribution < 1.29 is 19.1 Å². The van der Waals surface area contributed by atoms with Crippen LogP contribution in [0, 0.1) is 18.8 Å². The third kappa shape index (κ3) is 7.05. The van der Waals surface area contributed by atoms with Crippen LogP contribution in [0.25, 0.3) is 11.1 Å². The van der Waals surface area contributed by atoms with Crippen LogP contribution in [0.4, 0.5) is 4.79 Å². The summed E-state index contributed by atoms with van der Waals surface area (Å²) in [6.45, 7) is 8.09. The zero-order valence-corrected chi connectivity index (χ0v) is 21.6. The van der Waals surface area contributed by atoms with Gasteiger partial charge >= 0.3 is 6.03 Å². The fourth-order valence-electron chi connectivity index (χ4n) is 3.94. The van der Waals surface area contributed by atoms with Crippen LogP contribution >= 0.6 is 0 Å². The van der Waals surface area contributed by atoms with Crippen LogP contribution in [0.15, 0.2) is 60.8 Å². The first-order valence-corrected chi connectivity index (χ1v) is 12.3. The minimum absolute atomic E-state index is 0.219. The molecular formula is C30H31N3O4. The van der Waals surface area contributed by atoms with Crippen LogP contribution in [0.1, 0.15) is 60.4 Å². The molecule has 2 heterocycles. The highest BCUT2D eigenvalue weighted by Crippen LogP contribution is 2.26. The number of benzene rings is 2. The van der Waals surface area contributed by atoms with E-state index in [4.69, 9.17) is 4.74 Å². The van der Waals surface area contributed by atoms with E-state index in [2.05, 4.69) is 27.5 Å². The summed E-state index contributed by atoms with van der Waals surface area (Å²) in [5.41, 5.74) is 5.79. The number of carbonyl (C=O) groups excluding carboxylic acids is 3. The first-order chi connectivity index (χ1) is 17.9. The van der Waals surface area contributed by atoms with Gasteiger partial charge in [0.15, 0.2) is 5.78 Å². The van der Waals surface area contributed by atoms with Crippen LogP contribution in [-0.2, 0) is 11.2 Å². The number of ether oxygens (including phenoxy) is 1. The molecule has 1 aromatic heterocycles. The number of aryl methyl sites for hydroxylation is 2. The Labute approximate surface area is 217 Å². The summed E-state index contributed by atoms with van der Waals surface area (Å²) < 4.78 is 5.39. The van der Waals surface area contributed by atoms with Gasteiger partial charge in [0.25, 0.3) is 5.91 Å². The summed E-state index contributed by atoms with van der Waals surface area (Å²) >= 11 is 0. The van der Waals surface area contributed by atoms with Crippen LogP contribution in [-0.4, -0.2) is 29.3 Å². The van der Waals surface area contributed by atoms with Gasteiger partial charge in [0.05, 0.1) is 0 Å². The number of rotatable bonds is 4. The number of imide groups is 1. The van der Waals surface area contributed by atoms with E-state index < -0.39 is 12.1 Å². The van der Waals surface area contributed by atoms with Crippen molar-refractivity contribution in [3.63, 3.8) is 0 Å². The second-order valence-corrected chi connectivity index (χ2v) is 8.16. The Kier molecular flexibility index (Phi) is 9.56. The van der Waals surface area contributed by atoms with Crippen molar-refractivity contribution in [2.24, 2.45) is 0 Å². The van der Waals surface area contributed by atoms with Gasteiger partial charge in [-0.3, -0.25) is 19.9 Å². The quantitative estimate of drug-likeness (QED) is 0.382. The number of amides is 3. The summed E-state index contributed by atoms with van der Waals surface area (Å²) in [6.07, 6.45) is 3.26. The molecule has 0 radical (unpaired) electrons. The van der Waals surface area contributed by atoms with Crippen molar-refractivity contribution in [2.75, 3.05) is 6.61 Å². The highest BCUT2D eigenvalue weighted by Gasteiger charge is 2.30. The smallest absolute Gasteiger partial charge is 0.322 e. The minimum atomic E-state index is -0.601. The average Bonchev–Trinajstić information content (AvgIpc) is 3.46. The van der Waals surface area contributed by atoms with E-state index in [1.54, 1.807) is 13.1 Å². The van der Waals surface area contributed by atoms with E-state index in [-0.39, 0.29) is 11.7 Å². The standard InChI is InChI=1S/C15H13N3O2.C13H12O2.C2H6/c1-9-8-12(6-7-16-9)10-2-4-11(5-3-10)13-14(19)18-15(20)17-13;1-2-3-8-15-11-6-4-10-5-7-13(14)12(10)9-11;1-2/h2-8,13H,1H3,(H2,17,18,19,20);4,6,9H,5,7-8H2,1H3;1-2H3. The third-order valence-corrected chi connectivity index (χ3v) is 5.74. The highest BCUT2D eigenvalue weighted by atomic mass is 16.5. The normalized spacial score (nSPS) is 15.0. The number of Topliss-reactive ketones (excluding diaryl/α,β-unsaturated/α-hetero) is 1. The molecule has 3 amide bonds. The van der Waals surface area contributed by atoms with Crippen molar-refractivity contribution >= 4 is 17.7 Å². The van der Waals surface area contributed by atoms with Crippen molar-refractivity contribution in [1.82, 2.24) is 15.6 Å². The number of aromatic nitrogens is 1. The zero-order valence-electron chi connectivity index (χ0n) is 21.6. The number of carbonyl (C=O) groups is 3. The number of nitrogens with zero attached hydrogens (tertiary/aromatic N) is 1. The van der Waals surface area contributed by atoms with Gasteiger partial charge in [0.1, 0.15) is 18.4 Å².